The minimum atomic E-state index is 0.371. The first kappa shape index (κ1) is 11.7. The molecule has 0 bridgehead atoms. The van der Waals surface area contributed by atoms with Crippen molar-refractivity contribution in [2.45, 2.75) is 51.0 Å². The fourth-order valence-electron chi connectivity index (χ4n) is 3.04. The van der Waals surface area contributed by atoms with Crippen LogP contribution in [0.4, 0.5) is 0 Å². The van der Waals surface area contributed by atoms with Gasteiger partial charge in [-0.2, -0.15) is 0 Å². The first-order valence-electron chi connectivity index (χ1n) is 6.61. The molecule has 1 fully saturated rings. The fraction of sp³-hybridized carbons (Fsp3) is 0.600. The number of benzene rings is 1. The molecule has 3 atom stereocenters. The van der Waals surface area contributed by atoms with Crippen molar-refractivity contribution >= 4 is 0 Å². The van der Waals surface area contributed by atoms with Crippen LogP contribution in [0.25, 0.3) is 0 Å². The molecule has 88 valence electrons. The van der Waals surface area contributed by atoms with E-state index in [1.165, 1.54) is 37.7 Å². The van der Waals surface area contributed by atoms with E-state index < -0.39 is 0 Å². The van der Waals surface area contributed by atoms with Crippen molar-refractivity contribution < 1.29 is 0 Å². The van der Waals surface area contributed by atoms with Crippen LogP contribution >= 0.6 is 0 Å². The maximum absolute atomic E-state index is 6.27. The second-order valence-electron chi connectivity index (χ2n) is 5.15. The summed E-state index contributed by atoms with van der Waals surface area (Å²) < 4.78 is 0. The zero-order valence-corrected chi connectivity index (χ0v) is 10.2. The molecule has 0 heterocycles. The third kappa shape index (κ3) is 2.65. The number of hydrogen-bond acceptors (Lipinski definition) is 1. The van der Waals surface area contributed by atoms with Crippen molar-refractivity contribution in [2.75, 3.05) is 0 Å². The van der Waals surface area contributed by atoms with Crippen LogP contribution in [0.3, 0.4) is 0 Å². The maximum Gasteiger partial charge on any atom is 0.0108 e. The standard InChI is InChI=1S/C15H23N/c1-2-6-12-9-10-15(16)14(11-12)13-7-4-3-5-8-13/h3-5,7-8,12,14-15H,2,6,9-11,16H2,1H3. The molecular weight excluding hydrogens is 194 g/mol. The summed E-state index contributed by atoms with van der Waals surface area (Å²) in [7, 11) is 0. The molecule has 3 unspecified atom stereocenters. The zero-order chi connectivity index (χ0) is 11.4. The van der Waals surface area contributed by atoms with Gasteiger partial charge < -0.3 is 5.73 Å². The Kier molecular flexibility index (Phi) is 4.00. The number of nitrogens with two attached hydrogens (primary N) is 1. The second kappa shape index (κ2) is 5.49. The summed E-state index contributed by atoms with van der Waals surface area (Å²) in [6.45, 7) is 2.28. The van der Waals surface area contributed by atoms with Gasteiger partial charge in [-0.15, -0.1) is 0 Å². The highest BCUT2D eigenvalue weighted by Gasteiger charge is 2.28. The molecule has 0 saturated heterocycles. The van der Waals surface area contributed by atoms with Crippen LogP contribution in [-0.2, 0) is 0 Å². The molecule has 16 heavy (non-hydrogen) atoms. The Bertz CT molecular complexity index is 306. The molecule has 1 aromatic carbocycles. The van der Waals surface area contributed by atoms with Crippen molar-refractivity contribution in [3.05, 3.63) is 35.9 Å². The molecule has 0 aromatic heterocycles. The average Bonchev–Trinajstić information content (AvgIpc) is 2.33. The summed E-state index contributed by atoms with van der Waals surface area (Å²) in [5.74, 6) is 1.49. The minimum Gasteiger partial charge on any atom is -0.327 e. The van der Waals surface area contributed by atoms with Gasteiger partial charge in [0.05, 0.1) is 0 Å². The topological polar surface area (TPSA) is 26.0 Å². The van der Waals surface area contributed by atoms with E-state index in [1.54, 1.807) is 0 Å². The predicted octanol–water partition coefficient (Wildman–Crippen LogP) is 3.70. The second-order valence-corrected chi connectivity index (χ2v) is 5.15. The average molecular weight is 217 g/mol. The molecule has 1 aliphatic carbocycles. The molecule has 1 aromatic rings. The predicted molar refractivity (Wildman–Crippen MR) is 69.4 cm³/mol. The Hall–Kier alpha value is -0.820. The van der Waals surface area contributed by atoms with Gasteiger partial charge in [-0.3, -0.25) is 0 Å². The van der Waals surface area contributed by atoms with Crippen LogP contribution < -0.4 is 5.73 Å². The summed E-state index contributed by atoms with van der Waals surface area (Å²) in [5.41, 5.74) is 7.71. The lowest BCUT2D eigenvalue weighted by Crippen LogP contribution is -2.34. The van der Waals surface area contributed by atoms with E-state index in [-0.39, 0.29) is 0 Å². The largest absolute Gasteiger partial charge is 0.327 e. The molecule has 1 saturated carbocycles. The summed E-state index contributed by atoms with van der Waals surface area (Å²) in [6.07, 6.45) is 6.50. The highest BCUT2D eigenvalue weighted by atomic mass is 14.7. The molecule has 1 aliphatic rings. The van der Waals surface area contributed by atoms with Gasteiger partial charge >= 0.3 is 0 Å². The summed E-state index contributed by atoms with van der Waals surface area (Å²) >= 11 is 0. The first-order chi connectivity index (χ1) is 7.81. The Morgan fingerprint density at radius 3 is 2.62 bits per heavy atom. The SMILES string of the molecule is CCCC1CCC(N)C(c2ccccc2)C1. The summed E-state index contributed by atoms with van der Waals surface area (Å²) in [4.78, 5) is 0. The number of rotatable bonds is 3. The zero-order valence-electron chi connectivity index (χ0n) is 10.2. The van der Waals surface area contributed by atoms with Gasteiger partial charge in [0.1, 0.15) is 0 Å². The van der Waals surface area contributed by atoms with Crippen molar-refractivity contribution in [3.8, 4) is 0 Å². The Morgan fingerprint density at radius 2 is 1.94 bits per heavy atom. The Morgan fingerprint density at radius 1 is 1.19 bits per heavy atom. The molecule has 2 N–H and O–H groups in total. The van der Waals surface area contributed by atoms with Crippen LogP contribution in [0.2, 0.25) is 0 Å². The molecule has 0 amide bonds. The van der Waals surface area contributed by atoms with Gasteiger partial charge in [0, 0.05) is 6.04 Å². The van der Waals surface area contributed by atoms with Crippen molar-refractivity contribution in [1.29, 1.82) is 0 Å². The van der Waals surface area contributed by atoms with Gasteiger partial charge in [-0.05, 0) is 36.7 Å². The number of hydrogen-bond donors (Lipinski definition) is 1. The lowest BCUT2D eigenvalue weighted by atomic mass is 9.74. The van der Waals surface area contributed by atoms with E-state index in [2.05, 4.69) is 37.3 Å². The van der Waals surface area contributed by atoms with Gasteiger partial charge in [0.2, 0.25) is 0 Å². The maximum atomic E-state index is 6.27. The summed E-state index contributed by atoms with van der Waals surface area (Å²) in [6, 6.07) is 11.2. The van der Waals surface area contributed by atoms with Crippen LogP contribution in [0.15, 0.2) is 30.3 Å². The molecule has 1 nitrogen and oxygen atoms in total. The summed E-state index contributed by atoms with van der Waals surface area (Å²) in [5, 5.41) is 0. The highest BCUT2D eigenvalue weighted by molar-refractivity contribution is 5.22. The van der Waals surface area contributed by atoms with Gasteiger partial charge in [-0.25, -0.2) is 0 Å². The van der Waals surface area contributed by atoms with Crippen molar-refractivity contribution in [2.24, 2.45) is 11.7 Å². The van der Waals surface area contributed by atoms with E-state index in [4.69, 9.17) is 5.73 Å². The molecule has 0 aliphatic heterocycles. The van der Waals surface area contributed by atoms with Crippen LogP contribution in [0.1, 0.15) is 50.5 Å². The van der Waals surface area contributed by atoms with E-state index in [1.807, 2.05) is 0 Å². The Labute approximate surface area is 99.0 Å². The molecule has 2 rings (SSSR count). The van der Waals surface area contributed by atoms with E-state index in [0.717, 1.165) is 5.92 Å². The minimum absolute atomic E-state index is 0.371. The van der Waals surface area contributed by atoms with Gasteiger partial charge in [-0.1, -0.05) is 50.1 Å². The van der Waals surface area contributed by atoms with E-state index in [9.17, 15) is 0 Å². The molecule has 0 radical (unpaired) electrons. The van der Waals surface area contributed by atoms with Crippen molar-refractivity contribution in [3.63, 3.8) is 0 Å². The van der Waals surface area contributed by atoms with Crippen molar-refractivity contribution in [1.82, 2.24) is 0 Å². The van der Waals surface area contributed by atoms with E-state index in [0.29, 0.717) is 12.0 Å². The molecule has 0 spiro atoms. The smallest absolute Gasteiger partial charge is 0.0108 e. The third-order valence-corrected chi connectivity index (χ3v) is 3.94. The lowest BCUT2D eigenvalue weighted by Gasteiger charge is -2.34. The molecule has 1 heteroatoms. The normalized spacial score (nSPS) is 30.2. The van der Waals surface area contributed by atoms with Gasteiger partial charge in [0.15, 0.2) is 0 Å². The van der Waals surface area contributed by atoms with Crippen LogP contribution in [0, 0.1) is 5.92 Å². The fourth-order valence-corrected chi connectivity index (χ4v) is 3.04. The Balaban J connectivity index is 2.07. The van der Waals surface area contributed by atoms with Gasteiger partial charge in [0.25, 0.3) is 0 Å². The molecular formula is C15H23N. The van der Waals surface area contributed by atoms with E-state index >= 15 is 0 Å². The third-order valence-electron chi connectivity index (χ3n) is 3.94. The highest BCUT2D eigenvalue weighted by Crippen LogP contribution is 2.37. The van der Waals surface area contributed by atoms with Crippen LogP contribution in [0.5, 0.6) is 0 Å². The first-order valence-corrected chi connectivity index (χ1v) is 6.61. The quantitative estimate of drug-likeness (QED) is 0.821. The lowest BCUT2D eigenvalue weighted by molar-refractivity contribution is 0.274. The monoisotopic (exact) mass is 217 g/mol. The van der Waals surface area contributed by atoms with Crippen LogP contribution in [-0.4, -0.2) is 6.04 Å².